The van der Waals surface area contributed by atoms with Crippen molar-refractivity contribution in [3.8, 4) is 0 Å². The Kier molecular flexibility index (Phi) is 2.70. The standard InChI is InChI=1S/C6H12O5S2/c1-12(7,8)5-3-11-4-6(5)13(2,9)10/h5-6H,3-4H2,1-2H3. The van der Waals surface area contributed by atoms with Gasteiger partial charge in [-0.3, -0.25) is 0 Å². The molecule has 1 aliphatic rings. The Hall–Kier alpha value is -0.140. The van der Waals surface area contributed by atoms with E-state index in [4.69, 9.17) is 4.74 Å². The molecule has 1 rings (SSSR count). The second-order valence-corrected chi connectivity index (χ2v) is 7.80. The van der Waals surface area contributed by atoms with Gasteiger partial charge in [0.25, 0.3) is 0 Å². The molecular weight excluding hydrogens is 216 g/mol. The summed E-state index contributed by atoms with van der Waals surface area (Å²) in [6, 6.07) is 0. The summed E-state index contributed by atoms with van der Waals surface area (Å²) < 4.78 is 49.4. The van der Waals surface area contributed by atoms with E-state index in [9.17, 15) is 16.8 Å². The van der Waals surface area contributed by atoms with Crippen LogP contribution in [-0.4, -0.2) is 53.1 Å². The van der Waals surface area contributed by atoms with Crippen LogP contribution in [-0.2, 0) is 24.4 Å². The van der Waals surface area contributed by atoms with E-state index in [0.29, 0.717) is 0 Å². The minimum atomic E-state index is -3.34. The lowest BCUT2D eigenvalue weighted by atomic mass is 10.4. The topological polar surface area (TPSA) is 77.5 Å². The molecular formula is C6H12O5S2. The van der Waals surface area contributed by atoms with E-state index < -0.39 is 30.2 Å². The highest BCUT2D eigenvalue weighted by Gasteiger charge is 2.41. The van der Waals surface area contributed by atoms with Gasteiger partial charge in [0.15, 0.2) is 19.7 Å². The Balaban J connectivity index is 3.03. The molecule has 2 atom stereocenters. The highest BCUT2D eigenvalue weighted by molar-refractivity contribution is 7.95. The van der Waals surface area contributed by atoms with Crippen molar-refractivity contribution in [2.75, 3.05) is 25.7 Å². The second kappa shape index (κ2) is 3.21. The first-order valence-corrected chi connectivity index (χ1v) is 7.59. The van der Waals surface area contributed by atoms with Crippen LogP contribution in [0.5, 0.6) is 0 Å². The smallest absolute Gasteiger partial charge is 0.153 e. The molecule has 5 nitrogen and oxygen atoms in total. The first-order chi connectivity index (χ1) is 5.73. The zero-order chi connectivity index (χ0) is 10.3. The molecule has 7 heteroatoms. The van der Waals surface area contributed by atoms with Crippen LogP contribution in [0.4, 0.5) is 0 Å². The van der Waals surface area contributed by atoms with Crippen LogP contribution in [0.2, 0.25) is 0 Å². The number of rotatable bonds is 2. The summed E-state index contributed by atoms with van der Waals surface area (Å²) in [5.74, 6) is 0. The number of ether oxygens (including phenoxy) is 1. The fourth-order valence-electron chi connectivity index (χ4n) is 1.31. The van der Waals surface area contributed by atoms with Crippen molar-refractivity contribution in [2.24, 2.45) is 0 Å². The maximum Gasteiger partial charge on any atom is 0.153 e. The predicted molar refractivity (Wildman–Crippen MR) is 48.1 cm³/mol. The Morgan fingerprint density at radius 3 is 1.46 bits per heavy atom. The van der Waals surface area contributed by atoms with Crippen LogP contribution in [0, 0.1) is 0 Å². The van der Waals surface area contributed by atoms with Gasteiger partial charge in [-0.15, -0.1) is 0 Å². The van der Waals surface area contributed by atoms with Crippen LogP contribution in [0.15, 0.2) is 0 Å². The highest BCUT2D eigenvalue weighted by atomic mass is 32.2. The molecule has 78 valence electrons. The van der Waals surface area contributed by atoms with Crippen molar-refractivity contribution in [3.05, 3.63) is 0 Å². The van der Waals surface area contributed by atoms with E-state index in [-0.39, 0.29) is 13.2 Å². The van der Waals surface area contributed by atoms with Gasteiger partial charge in [0.05, 0.1) is 13.2 Å². The molecule has 2 unspecified atom stereocenters. The monoisotopic (exact) mass is 228 g/mol. The molecule has 1 fully saturated rings. The third-order valence-electron chi connectivity index (χ3n) is 2.08. The molecule has 1 aliphatic heterocycles. The molecule has 0 N–H and O–H groups in total. The van der Waals surface area contributed by atoms with Gasteiger partial charge in [-0.25, -0.2) is 16.8 Å². The van der Waals surface area contributed by atoms with Crippen molar-refractivity contribution in [3.63, 3.8) is 0 Å². The normalized spacial score (nSPS) is 30.6. The fraction of sp³-hybridized carbons (Fsp3) is 1.00. The summed E-state index contributed by atoms with van der Waals surface area (Å²) >= 11 is 0. The van der Waals surface area contributed by atoms with E-state index in [0.717, 1.165) is 12.5 Å². The zero-order valence-corrected chi connectivity index (χ0v) is 9.06. The average molecular weight is 228 g/mol. The zero-order valence-electron chi connectivity index (χ0n) is 7.43. The van der Waals surface area contributed by atoms with Crippen molar-refractivity contribution in [1.29, 1.82) is 0 Å². The van der Waals surface area contributed by atoms with Gasteiger partial charge in [0, 0.05) is 12.5 Å². The van der Waals surface area contributed by atoms with Gasteiger partial charge in [0.1, 0.15) is 10.5 Å². The molecule has 0 aromatic heterocycles. The summed E-state index contributed by atoms with van der Waals surface area (Å²) in [5.41, 5.74) is 0. The van der Waals surface area contributed by atoms with Gasteiger partial charge in [-0.1, -0.05) is 0 Å². The number of sulfone groups is 2. The van der Waals surface area contributed by atoms with Crippen LogP contribution in [0.3, 0.4) is 0 Å². The van der Waals surface area contributed by atoms with Gasteiger partial charge in [0.2, 0.25) is 0 Å². The molecule has 0 spiro atoms. The molecule has 0 radical (unpaired) electrons. The van der Waals surface area contributed by atoms with Gasteiger partial charge in [-0.05, 0) is 0 Å². The molecule has 13 heavy (non-hydrogen) atoms. The van der Waals surface area contributed by atoms with Crippen LogP contribution >= 0.6 is 0 Å². The maximum absolute atomic E-state index is 11.1. The molecule has 1 saturated heterocycles. The van der Waals surface area contributed by atoms with Crippen molar-refractivity contribution in [1.82, 2.24) is 0 Å². The molecule has 0 saturated carbocycles. The van der Waals surface area contributed by atoms with Crippen LogP contribution in [0.25, 0.3) is 0 Å². The SMILES string of the molecule is CS(=O)(=O)C1COCC1S(C)(=O)=O. The summed E-state index contributed by atoms with van der Waals surface area (Å²) in [7, 11) is -6.68. The van der Waals surface area contributed by atoms with E-state index in [2.05, 4.69) is 0 Å². The second-order valence-electron chi connectivity index (χ2n) is 3.27. The van der Waals surface area contributed by atoms with E-state index in [1.807, 2.05) is 0 Å². The minimum Gasteiger partial charge on any atom is -0.379 e. The van der Waals surface area contributed by atoms with Gasteiger partial charge < -0.3 is 4.74 Å². The Morgan fingerprint density at radius 2 is 1.23 bits per heavy atom. The van der Waals surface area contributed by atoms with Gasteiger partial charge >= 0.3 is 0 Å². The lowest BCUT2D eigenvalue weighted by Gasteiger charge is -2.13. The van der Waals surface area contributed by atoms with Crippen molar-refractivity contribution >= 4 is 19.7 Å². The van der Waals surface area contributed by atoms with Crippen molar-refractivity contribution in [2.45, 2.75) is 10.5 Å². The first kappa shape index (κ1) is 10.9. The van der Waals surface area contributed by atoms with E-state index >= 15 is 0 Å². The lowest BCUT2D eigenvalue weighted by molar-refractivity contribution is 0.199. The molecule has 0 aromatic rings. The highest BCUT2D eigenvalue weighted by Crippen LogP contribution is 2.19. The summed E-state index contributed by atoms with van der Waals surface area (Å²) in [6.45, 7) is -0.0346. The molecule has 0 bridgehead atoms. The van der Waals surface area contributed by atoms with Crippen LogP contribution < -0.4 is 0 Å². The quantitative estimate of drug-likeness (QED) is 0.596. The Bertz CT molecular complexity index is 341. The largest absolute Gasteiger partial charge is 0.379 e. The van der Waals surface area contributed by atoms with Crippen molar-refractivity contribution < 1.29 is 21.6 Å². The average Bonchev–Trinajstić information content (AvgIpc) is 2.27. The first-order valence-electron chi connectivity index (χ1n) is 3.68. The minimum absolute atomic E-state index is 0.0173. The third-order valence-corrected chi connectivity index (χ3v) is 5.38. The van der Waals surface area contributed by atoms with E-state index in [1.54, 1.807) is 0 Å². The maximum atomic E-state index is 11.1. The van der Waals surface area contributed by atoms with E-state index in [1.165, 1.54) is 0 Å². The molecule has 0 amide bonds. The molecule has 0 aromatic carbocycles. The number of hydrogen-bond donors (Lipinski definition) is 0. The Labute approximate surface area is 77.9 Å². The van der Waals surface area contributed by atoms with Crippen LogP contribution in [0.1, 0.15) is 0 Å². The lowest BCUT2D eigenvalue weighted by Crippen LogP contribution is -2.37. The predicted octanol–water partition coefficient (Wildman–Crippen LogP) is -1.16. The Morgan fingerprint density at radius 1 is 0.923 bits per heavy atom. The molecule has 1 heterocycles. The number of hydrogen-bond acceptors (Lipinski definition) is 5. The summed E-state index contributed by atoms with van der Waals surface area (Å²) in [4.78, 5) is 0. The summed E-state index contributed by atoms with van der Waals surface area (Å²) in [6.07, 6.45) is 2.06. The summed E-state index contributed by atoms with van der Waals surface area (Å²) in [5, 5.41) is -1.80. The fourth-order valence-corrected chi connectivity index (χ4v) is 4.47. The molecule has 0 aliphatic carbocycles. The van der Waals surface area contributed by atoms with Gasteiger partial charge in [-0.2, -0.15) is 0 Å². The third kappa shape index (κ3) is 2.41.